The van der Waals surface area contributed by atoms with E-state index in [1.54, 1.807) is 18.4 Å². The third-order valence-electron chi connectivity index (χ3n) is 2.34. The van der Waals surface area contributed by atoms with Crippen LogP contribution < -0.4 is 5.32 Å². The molecule has 92 valence electrons. The van der Waals surface area contributed by atoms with E-state index in [-0.39, 0.29) is 0 Å². The van der Waals surface area contributed by atoms with E-state index in [9.17, 15) is 0 Å². The molecule has 1 aromatic rings. The Kier molecular flexibility index (Phi) is 5.65. The van der Waals surface area contributed by atoms with Gasteiger partial charge in [0.25, 0.3) is 0 Å². The molecule has 1 rings (SSSR count). The molecule has 5 nitrogen and oxygen atoms in total. The highest BCUT2D eigenvalue weighted by Gasteiger charge is 2.12. The lowest BCUT2D eigenvalue weighted by Gasteiger charge is -2.22. The summed E-state index contributed by atoms with van der Waals surface area (Å²) in [4.78, 5) is 2.21. The van der Waals surface area contributed by atoms with E-state index in [0.717, 1.165) is 29.8 Å². The molecule has 1 N–H and O–H groups in total. The molecule has 6 heteroatoms. The zero-order chi connectivity index (χ0) is 12.0. The second-order valence-electron chi connectivity index (χ2n) is 3.75. The van der Waals surface area contributed by atoms with Crippen LogP contribution in [0.15, 0.2) is 0 Å². The minimum atomic E-state index is 0.386. The molecule has 0 aromatic carbocycles. The van der Waals surface area contributed by atoms with Gasteiger partial charge in [-0.1, -0.05) is 11.3 Å². The van der Waals surface area contributed by atoms with Gasteiger partial charge in [0.15, 0.2) is 0 Å². The Hall–Kier alpha value is -0.720. The summed E-state index contributed by atoms with van der Waals surface area (Å²) < 4.78 is 5.12. The number of nitrogens with zero attached hydrogens (tertiary/aromatic N) is 3. The van der Waals surface area contributed by atoms with Crippen molar-refractivity contribution < 1.29 is 4.74 Å². The zero-order valence-electron chi connectivity index (χ0n) is 10.4. The molecule has 0 spiro atoms. The van der Waals surface area contributed by atoms with Crippen LogP contribution in [0.1, 0.15) is 18.9 Å². The summed E-state index contributed by atoms with van der Waals surface area (Å²) in [6.45, 7) is 6.61. The number of hydrogen-bond acceptors (Lipinski definition) is 6. The summed E-state index contributed by atoms with van der Waals surface area (Å²) in [7, 11) is 3.79. The van der Waals surface area contributed by atoms with E-state index in [1.165, 1.54) is 0 Å². The molecule has 0 aliphatic rings. The third-order valence-corrected chi connectivity index (χ3v) is 3.21. The van der Waals surface area contributed by atoms with E-state index in [0.29, 0.717) is 6.04 Å². The Morgan fingerprint density at radius 1 is 1.50 bits per heavy atom. The van der Waals surface area contributed by atoms with Crippen LogP contribution in [0.2, 0.25) is 0 Å². The second kappa shape index (κ2) is 6.78. The van der Waals surface area contributed by atoms with Crippen LogP contribution in [0.3, 0.4) is 0 Å². The highest BCUT2D eigenvalue weighted by molar-refractivity contribution is 7.15. The largest absolute Gasteiger partial charge is 0.383 e. The first-order chi connectivity index (χ1) is 7.67. The maximum Gasteiger partial charge on any atom is 0.205 e. The monoisotopic (exact) mass is 244 g/mol. The Labute approximate surface area is 101 Å². The van der Waals surface area contributed by atoms with Gasteiger partial charge in [-0.25, -0.2) is 0 Å². The maximum absolute atomic E-state index is 5.12. The molecular weight excluding hydrogens is 224 g/mol. The molecule has 1 heterocycles. The van der Waals surface area contributed by atoms with Crippen molar-refractivity contribution in [2.45, 2.75) is 26.4 Å². The first-order valence-corrected chi connectivity index (χ1v) is 6.24. The number of ether oxygens (including phenoxy) is 1. The number of anilines is 1. The van der Waals surface area contributed by atoms with E-state index in [4.69, 9.17) is 4.74 Å². The number of rotatable bonds is 7. The van der Waals surface area contributed by atoms with Crippen LogP contribution >= 0.6 is 11.3 Å². The smallest absolute Gasteiger partial charge is 0.205 e. The second-order valence-corrected chi connectivity index (χ2v) is 4.81. The van der Waals surface area contributed by atoms with Gasteiger partial charge in [-0.3, -0.25) is 4.90 Å². The fourth-order valence-electron chi connectivity index (χ4n) is 1.28. The van der Waals surface area contributed by atoms with Gasteiger partial charge < -0.3 is 10.1 Å². The molecule has 0 saturated heterocycles. The van der Waals surface area contributed by atoms with E-state index < -0.39 is 0 Å². The Bertz CT molecular complexity index is 305. The van der Waals surface area contributed by atoms with E-state index in [1.807, 2.05) is 6.92 Å². The lowest BCUT2D eigenvalue weighted by atomic mass is 10.3. The van der Waals surface area contributed by atoms with E-state index >= 15 is 0 Å². The summed E-state index contributed by atoms with van der Waals surface area (Å²) in [5.41, 5.74) is 0. The molecule has 0 aliphatic carbocycles. The van der Waals surface area contributed by atoms with Gasteiger partial charge >= 0.3 is 0 Å². The molecule has 0 bridgehead atoms. The highest BCUT2D eigenvalue weighted by atomic mass is 32.1. The van der Waals surface area contributed by atoms with Gasteiger partial charge in [0.1, 0.15) is 5.01 Å². The summed E-state index contributed by atoms with van der Waals surface area (Å²) in [6, 6.07) is 0.386. The van der Waals surface area contributed by atoms with Crippen LogP contribution in [-0.2, 0) is 11.3 Å². The fourth-order valence-corrected chi connectivity index (χ4v) is 2.15. The maximum atomic E-state index is 5.12. The molecule has 1 aromatic heterocycles. The van der Waals surface area contributed by atoms with Crippen LogP contribution in [-0.4, -0.2) is 48.4 Å². The molecule has 0 amide bonds. The quantitative estimate of drug-likeness (QED) is 0.786. The molecule has 0 radical (unpaired) electrons. The van der Waals surface area contributed by atoms with Crippen molar-refractivity contribution in [2.24, 2.45) is 0 Å². The van der Waals surface area contributed by atoms with Crippen molar-refractivity contribution in [1.82, 2.24) is 15.1 Å². The lowest BCUT2D eigenvalue weighted by molar-refractivity contribution is 0.112. The Morgan fingerprint density at radius 3 is 2.88 bits per heavy atom. The lowest BCUT2D eigenvalue weighted by Crippen LogP contribution is -2.32. The van der Waals surface area contributed by atoms with Crippen molar-refractivity contribution in [3.63, 3.8) is 0 Å². The topological polar surface area (TPSA) is 50.3 Å². The Morgan fingerprint density at radius 2 is 2.25 bits per heavy atom. The van der Waals surface area contributed by atoms with Gasteiger partial charge in [0.05, 0.1) is 13.2 Å². The molecule has 0 aliphatic heterocycles. The first-order valence-electron chi connectivity index (χ1n) is 5.42. The fraction of sp³-hybridized carbons (Fsp3) is 0.800. The highest BCUT2D eigenvalue weighted by Crippen LogP contribution is 2.16. The minimum Gasteiger partial charge on any atom is -0.383 e. The summed E-state index contributed by atoms with van der Waals surface area (Å²) in [6.07, 6.45) is 0. The molecule has 0 saturated carbocycles. The average molecular weight is 244 g/mol. The molecule has 16 heavy (non-hydrogen) atoms. The van der Waals surface area contributed by atoms with Crippen molar-refractivity contribution >= 4 is 16.5 Å². The molecular formula is C10H20N4OS. The number of likely N-dealkylation sites (N-methyl/N-ethyl adjacent to an activating group) is 1. The minimum absolute atomic E-state index is 0.386. The normalized spacial score (nSPS) is 13.1. The molecule has 1 atom stereocenters. The first kappa shape index (κ1) is 13.3. The summed E-state index contributed by atoms with van der Waals surface area (Å²) in [5.74, 6) is 0. The number of nitrogens with one attached hydrogen (secondary N) is 1. The van der Waals surface area contributed by atoms with Crippen LogP contribution in [0, 0.1) is 0 Å². The summed E-state index contributed by atoms with van der Waals surface area (Å²) >= 11 is 1.61. The molecule has 0 fully saturated rings. The van der Waals surface area contributed by atoms with Crippen LogP contribution in [0.25, 0.3) is 0 Å². The van der Waals surface area contributed by atoms with Crippen molar-refractivity contribution in [2.75, 3.05) is 32.6 Å². The number of hydrogen-bond donors (Lipinski definition) is 1. The zero-order valence-corrected chi connectivity index (χ0v) is 11.2. The van der Waals surface area contributed by atoms with Crippen molar-refractivity contribution in [3.8, 4) is 0 Å². The predicted octanol–water partition coefficient (Wildman–Crippen LogP) is 1.44. The van der Waals surface area contributed by atoms with Gasteiger partial charge in [0, 0.05) is 19.7 Å². The van der Waals surface area contributed by atoms with Crippen LogP contribution in [0.4, 0.5) is 5.13 Å². The number of aromatic nitrogens is 2. The van der Waals surface area contributed by atoms with Gasteiger partial charge in [-0.05, 0) is 20.9 Å². The summed E-state index contributed by atoms with van der Waals surface area (Å²) in [5, 5.41) is 13.3. The predicted molar refractivity (Wildman–Crippen MR) is 66.9 cm³/mol. The van der Waals surface area contributed by atoms with Crippen LogP contribution in [0.5, 0.6) is 0 Å². The van der Waals surface area contributed by atoms with Gasteiger partial charge in [-0.15, -0.1) is 10.2 Å². The van der Waals surface area contributed by atoms with Gasteiger partial charge in [0.2, 0.25) is 5.13 Å². The molecule has 1 unspecified atom stereocenters. The Balaban J connectivity index is 2.45. The number of methoxy groups -OCH3 is 1. The van der Waals surface area contributed by atoms with E-state index in [2.05, 4.69) is 34.4 Å². The van der Waals surface area contributed by atoms with Gasteiger partial charge in [-0.2, -0.15) is 0 Å². The SMILES string of the molecule is CCNc1nnc(CN(C)C(C)COC)s1. The third kappa shape index (κ3) is 4.03. The van der Waals surface area contributed by atoms with Crippen molar-refractivity contribution in [3.05, 3.63) is 5.01 Å². The van der Waals surface area contributed by atoms with Crippen molar-refractivity contribution in [1.29, 1.82) is 0 Å². The average Bonchev–Trinajstić information content (AvgIpc) is 2.66. The standard InChI is InChI=1S/C10H20N4OS/c1-5-11-10-13-12-9(16-10)6-14(3)8(2)7-15-4/h8H,5-7H2,1-4H3,(H,11,13).